The van der Waals surface area contributed by atoms with Crippen molar-refractivity contribution in [2.75, 3.05) is 89.7 Å². The number of ether oxygens (including phenoxy) is 1. The van der Waals surface area contributed by atoms with Crippen LogP contribution in [0.3, 0.4) is 0 Å². The van der Waals surface area contributed by atoms with Crippen LogP contribution in [0.1, 0.15) is 34.6 Å². The number of rotatable bonds is 5. The minimum absolute atomic E-state index is 0.312. The number of esters is 1. The summed E-state index contributed by atoms with van der Waals surface area (Å²) >= 11 is 0. The second-order valence-corrected chi connectivity index (χ2v) is 10.7. The molecule has 9 nitrogen and oxygen atoms in total. The summed E-state index contributed by atoms with van der Waals surface area (Å²) in [5.41, 5.74) is 0.451. The summed E-state index contributed by atoms with van der Waals surface area (Å²) in [4.78, 5) is 36.1. The van der Waals surface area contributed by atoms with E-state index in [9.17, 15) is 4.79 Å². The zero-order valence-electron chi connectivity index (χ0n) is 22.8. The molecule has 0 N–H and O–H groups in total. The number of nitrogens with zero attached hydrogens (tertiary/aromatic N) is 3. The number of quaternary nitrogens is 3. The number of phosphoric acid groups is 1. The lowest BCUT2D eigenvalue weighted by molar-refractivity contribution is -0.868. The van der Waals surface area contributed by atoms with E-state index in [0.717, 1.165) is 13.4 Å². The fourth-order valence-electron chi connectivity index (χ4n) is 0.254. The van der Waals surface area contributed by atoms with Crippen LogP contribution in [0.2, 0.25) is 0 Å². The zero-order chi connectivity index (χ0) is 26.7. The SMILES string of the molecule is C=C(C)C(=O)OCC.CC[N+](C)(C)C.CC[N+](C)(C)C.CC[N+](C)(C)C.O=P([O-])([O-])[O-]. The van der Waals surface area contributed by atoms with Gasteiger partial charge in [-0.1, -0.05) is 6.58 Å². The van der Waals surface area contributed by atoms with E-state index in [4.69, 9.17) is 19.2 Å². The molecule has 0 aromatic rings. The Morgan fingerprint density at radius 3 is 0.935 bits per heavy atom. The Labute approximate surface area is 192 Å². The van der Waals surface area contributed by atoms with Crippen molar-refractivity contribution in [3.63, 3.8) is 0 Å². The maximum atomic E-state index is 10.4. The lowest BCUT2D eigenvalue weighted by atomic mass is 10.4. The van der Waals surface area contributed by atoms with Crippen LogP contribution < -0.4 is 14.7 Å². The van der Waals surface area contributed by atoms with Gasteiger partial charge < -0.3 is 37.4 Å². The van der Waals surface area contributed by atoms with Crippen LogP contribution in [0.15, 0.2) is 12.2 Å². The first-order valence-corrected chi connectivity index (χ1v) is 11.8. The first-order valence-electron chi connectivity index (χ1n) is 10.3. The highest BCUT2D eigenvalue weighted by Crippen LogP contribution is 2.03. The fraction of sp³-hybridized carbons (Fsp3) is 0.857. The Morgan fingerprint density at radius 1 is 0.742 bits per heavy atom. The van der Waals surface area contributed by atoms with Crippen LogP contribution in [0.4, 0.5) is 0 Å². The summed E-state index contributed by atoms with van der Waals surface area (Å²) < 4.78 is 16.3. The number of hydrogen-bond acceptors (Lipinski definition) is 6. The summed E-state index contributed by atoms with van der Waals surface area (Å²) in [6, 6.07) is 0. The van der Waals surface area contributed by atoms with Crippen molar-refractivity contribution in [2.45, 2.75) is 34.6 Å². The van der Waals surface area contributed by atoms with Crippen molar-refractivity contribution in [3.8, 4) is 0 Å². The van der Waals surface area contributed by atoms with Crippen molar-refractivity contribution in [2.24, 2.45) is 0 Å². The lowest BCUT2D eigenvalue weighted by Crippen LogP contribution is -2.33. The maximum absolute atomic E-state index is 10.4. The van der Waals surface area contributed by atoms with Crippen LogP contribution in [0.25, 0.3) is 0 Å². The smallest absolute Gasteiger partial charge is 0.333 e. The van der Waals surface area contributed by atoms with Crippen molar-refractivity contribution >= 4 is 13.8 Å². The topological polar surface area (TPSA) is 113 Å². The molecule has 10 heteroatoms. The standard InChI is InChI=1S/C6H10O2.3C5H14N.H3O4P/c1-4-8-6(7)5(2)3;3*1-5-6(2,3)4;1-5(2,3)4/h2,4H2,1,3H3;3*5H2,1-4H3;(H3,1,2,3,4)/q;3*+1;/p-3. The molecule has 0 atom stereocenters. The average molecular weight is 474 g/mol. The summed E-state index contributed by atoms with van der Waals surface area (Å²) in [5, 5.41) is 0. The van der Waals surface area contributed by atoms with E-state index in [0.29, 0.717) is 12.2 Å². The molecule has 0 aliphatic heterocycles. The van der Waals surface area contributed by atoms with Crippen LogP contribution in [0, 0.1) is 0 Å². The molecule has 0 bridgehead atoms. The van der Waals surface area contributed by atoms with Crippen LogP contribution in [0.5, 0.6) is 0 Å². The predicted molar refractivity (Wildman–Crippen MR) is 125 cm³/mol. The van der Waals surface area contributed by atoms with E-state index in [1.807, 2.05) is 0 Å². The van der Waals surface area contributed by atoms with Gasteiger partial charge in [-0.15, -0.1) is 0 Å². The van der Waals surface area contributed by atoms with Gasteiger partial charge in [0.1, 0.15) is 0 Å². The molecule has 0 radical (unpaired) electrons. The predicted octanol–water partition coefficient (Wildman–Crippen LogP) is 0.439. The quantitative estimate of drug-likeness (QED) is 0.248. The Balaban J connectivity index is -0.0000000917. The molecular weight excluding hydrogens is 421 g/mol. The Morgan fingerprint density at radius 2 is 0.903 bits per heavy atom. The fourth-order valence-corrected chi connectivity index (χ4v) is 0.254. The molecule has 0 heterocycles. The van der Waals surface area contributed by atoms with Crippen molar-refractivity contribution in [3.05, 3.63) is 12.2 Å². The van der Waals surface area contributed by atoms with Crippen LogP contribution in [-0.2, 0) is 14.1 Å². The van der Waals surface area contributed by atoms with E-state index in [1.165, 1.54) is 19.6 Å². The minimum Gasteiger partial charge on any atom is -0.822 e. The normalized spacial score (nSPS) is 11.0. The van der Waals surface area contributed by atoms with Gasteiger partial charge in [0.05, 0.1) is 89.7 Å². The molecule has 31 heavy (non-hydrogen) atoms. The van der Waals surface area contributed by atoms with Crippen molar-refractivity contribution < 1.29 is 42.2 Å². The molecule has 0 aromatic heterocycles. The third-order valence-corrected chi connectivity index (χ3v) is 3.47. The average Bonchev–Trinajstić information content (AvgIpc) is 2.53. The zero-order valence-corrected chi connectivity index (χ0v) is 23.7. The third-order valence-electron chi connectivity index (χ3n) is 3.47. The first kappa shape index (κ1) is 40.5. The lowest BCUT2D eigenvalue weighted by Gasteiger charge is -2.36. The summed E-state index contributed by atoms with van der Waals surface area (Å²) in [6.45, 7) is 17.4. The molecule has 0 fully saturated rings. The minimum atomic E-state index is -5.39. The van der Waals surface area contributed by atoms with Gasteiger partial charge in [-0.25, -0.2) is 4.79 Å². The van der Waals surface area contributed by atoms with E-state index in [2.05, 4.69) is 95.5 Å². The Hall–Kier alpha value is -0.800. The summed E-state index contributed by atoms with van der Waals surface area (Å²) in [7, 11) is 14.2. The molecule has 0 rings (SSSR count). The molecule has 0 amide bonds. The Bertz CT molecular complexity index is 445. The molecular formula is C21H52N3O6P. The van der Waals surface area contributed by atoms with E-state index >= 15 is 0 Å². The van der Waals surface area contributed by atoms with Gasteiger partial charge in [0, 0.05) is 5.57 Å². The van der Waals surface area contributed by atoms with Crippen LogP contribution in [-0.4, -0.2) is 109 Å². The number of carbonyl (C=O) groups is 1. The molecule has 0 aliphatic rings. The molecule has 0 aromatic carbocycles. The Kier molecular flexibility index (Phi) is 26.0. The van der Waals surface area contributed by atoms with Gasteiger partial charge in [-0.2, -0.15) is 7.82 Å². The maximum Gasteiger partial charge on any atom is 0.333 e. The van der Waals surface area contributed by atoms with E-state index in [-0.39, 0.29) is 5.97 Å². The highest BCUT2D eigenvalue weighted by molar-refractivity contribution is 7.40. The number of hydrogen-bond donors (Lipinski definition) is 0. The van der Waals surface area contributed by atoms with Crippen LogP contribution >= 0.6 is 7.82 Å². The first-order chi connectivity index (χ1) is 13.4. The second kappa shape index (κ2) is 19.9. The molecule has 0 unspecified atom stereocenters. The van der Waals surface area contributed by atoms with Gasteiger partial charge in [0.15, 0.2) is 0 Å². The van der Waals surface area contributed by atoms with Crippen molar-refractivity contribution in [1.82, 2.24) is 0 Å². The molecule has 192 valence electrons. The van der Waals surface area contributed by atoms with E-state index in [1.54, 1.807) is 13.8 Å². The third kappa shape index (κ3) is 93.5. The van der Waals surface area contributed by atoms with Gasteiger partial charge in [-0.3, -0.25) is 0 Å². The van der Waals surface area contributed by atoms with Gasteiger partial charge >= 0.3 is 5.97 Å². The number of carbonyl (C=O) groups excluding carboxylic acids is 1. The monoisotopic (exact) mass is 473 g/mol. The molecule has 0 aliphatic carbocycles. The van der Waals surface area contributed by atoms with Gasteiger partial charge in [0.2, 0.25) is 0 Å². The van der Waals surface area contributed by atoms with E-state index < -0.39 is 7.82 Å². The molecule has 0 saturated heterocycles. The second-order valence-electron chi connectivity index (χ2n) is 9.77. The molecule has 0 spiro atoms. The largest absolute Gasteiger partial charge is 0.822 e. The highest BCUT2D eigenvalue weighted by Gasteiger charge is 1.99. The summed E-state index contributed by atoms with van der Waals surface area (Å²) in [5.74, 6) is -0.312. The summed E-state index contributed by atoms with van der Waals surface area (Å²) in [6.07, 6.45) is 0. The van der Waals surface area contributed by atoms with Gasteiger partial charge in [0.25, 0.3) is 0 Å². The highest BCUT2D eigenvalue weighted by atomic mass is 31.2. The molecule has 0 saturated carbocycles. The van der Waals surface area contributed by atoms with Crippen molar-refractivity contribution in [1.29, 1.82) is 0 Å². The van der Waals surface area contributed by atoms with Gasteiger partial charge in [-0.05, 0) is 34.6 Å².